The molecule has 0 aromatic rings. The molecule has 0 saturated carbocycles. The maximum Gasteiger partial charge on any atom is 0.0571 e. The number of nitrogens with two attached hydrogens (primary N) is 1. The van der Waals surface area contributed by atoms with Gasteiger partial charge in [0.25, 0.3) is 0 Å². The summed E-state index contributed by atoms with van der Waals surface area (Å²) in [6.07, 6.45) is 6.78. The molecule has 1 rings (SSSR count). The summed E-state index contributed by atoms with van der Waals surface area (Å²) in [5.41, 5.74) is 5.98. The van der Waals surface area contributed by atoms with E-state index in [2.05, 4.69) is 11.8 Å². The predicted octanol–water partition coefficient (Wildman–Crippen LogP) is 2.40. The number of likely N-dealkylation sites (tertiary alicyclic amines) is 1. The summed E-state index contributed by atoms with van der Waals surface area (Å²) in [6, 6.07) is 0. The van der Waals surface area contributed by atoms with Crippen molar-refractivity contribution in [3.8, 4) is 0 Å². The first-order valence-corrected chi connectivity index (χ1v) is 4.84. The minimum Gasteiger partial charge on any atom is -0.316 e. The molecule has 0 aliphatic carbocycles. The van der Waals surface area contributed by atoms with Gasteiger partial charge in [0, 0.05) is 0 Å². The Kier molecular flexibility index (Phi) is 11.1. The molecule has 0 spiro atoms. The Morgan fingerprint density at radius 2 is 1.69 bits per heavy atom. The second kappa shape index (κ2) is 9.07. The van der Waals surface area contributed by atoms with Gasteiger partial charge in [0.2, 0.25) is 0 Å². The predicted molar refractivity (Wildman–Crippen MR) is 62.8 cm³/mol. The fourth-order valence-corrected chi connectivity index (χ4v) is 1.73. The van der Waals surface area contributed by atoms with Crippen molar-refractivity contribution in [3.63, 3.8) is 0 Å². The van der Waals surface area contributed by atoms with Gasteiger partial charge in [0.05, 0.1) is 6.17 Å². The summed E-state index contributed by atoms with van der Waals surface area (Å²) in [6.45, 7) is 4.64. The summed E-state index contributed by atoms with van der Waals surface area (Å²) >= 11 is 0. The summed E-state index contributed by atoms with van der Waals surface area (Å²) in [5, 5.41) is 0. The Bertz CT molecular complexity index is 106. The largest absolute Gasteiger partial charge is 0.316 e. The fourth-order valence-electron chi connectivity index (χ4n) is 1.73. The van der Waals surface area contributed by atoms with Gasteiger partial charge in [-0.1, -0.05) is 19.8 Å². The van der Waals surface area contributed by atoms with Crippen LogP contribution in [0.25, 0.3) is 0 Å². The van der Waals surface area contributed by atoms with Crippen molar-refractivity contribution < 1.29 is 0 Å². The quantitative estimate of drug-likeness (QED) is 0.805. The number of piperidine rings is 1. The number of hydrogen-bond acceptors (Lipinski definition) is 2. The summed E-state index contributed by atoms with van der Waals surface area (Å²) < 4.78 is 0. The third kappa shape index (κ3) is 5.74. The van der Waals surface area contributed by atoms with E-state index in [4.69, 9.17) is 5.73 Å². The highest BCUT2D eigenvalue weighted by Crippen LogP contribution is 2.11. The highest BCUT2D eigenvalue weighted by molar-refractivity contribution is 5.85. The zero-order valence-electron chi connectivity index (χ0n) is 8.37. The van der Waals surface area contributed by atoms with E-state index in [1.165, 1.54) is 38.8 Å². The number of rotatable bonds is 3. The Labute approximate surface area is 94.1 Å². The van der Waals surface area contributed by atoms with Crippen LogP contribution < -0.4 is 5.73 Å². The lowest BCUT2D eigenvalue weighted by Gasteiger charge is -2.31. The lowest BCUT2D eigenvalue weighted by atomic mass is 10.1. The van der Waals surface area contributed by atoms with Gasteiger partial charge in [-0.05, 0) is 32.4 Å². The molecule has 2 nitrogen and oxygen atoms in total. The zero-order valence-corrected chi connectivity index (χ0v) is 10.0. The topological polar surface area (TPSA) is 29.3 Å². The highest BCUT2D eigenvalue weighted by atomic mass is 35.5. The average molecular weight is 229 g/mol. The number of halogens is 2. The molecule has 4 heteroatoms. The minimum atomic E-state index is 0. The van der Waals surface area contributed by atoms with Gasteiger partial charge in [-0.3, -0.25) is 4.90 Å². The van der Waals surface area contributed by atoms with Crippen LogP contribution in [0.5, 0.6) is 0 Å². The molecular weight excluding hydrogens is 207 g/mol. The van der Waals surface area contributed by atoms with E-state index in [1.807, 2.05) is 0 Å². The van der Waals surface area contributed by atoms with Gasteiger partial charge in [-0.15, -0.1) is 24.8 Å². The van der Waals surface area contributed by atoms with Gasteiger partial charge in [-0.25, -0.2) is 0 Å². The SMILES string of the molecule is CCCC(N)N1CCCCC1.Cl.Cl. The van der Waals surface area contributed by atoms with E-state index >= 15 is 0 Å². The van der Waals surface area contributed by atoms with Crippen molar-refractivity contribution >= 4 is 24.8 Å². The molecule has 0 radical (unpaired) electrons. The van der Waals surface area contributed by atoms with Gasteiger partial charge in [0.15, 0.2) is 0 Å². The van der Waals surface area contributed by atoms with Crippen molar-refractivity contribution in [2.24, 2.45) is 5.73 Å². The van der Waals surface area contributed by atoms with Crippen molar-refractivity contribution in [2.75, 3.05) is 13.1 Å². The summed E-state index contributed by atoms with van der Waals surface area (Å²) in [4.78, 5) is 2.42. The monoisotopic (exact) mass is 228 g/mol. The standard InChI is InChI=1S/C9H20N2.2ClH/c1-2-6-9(10)11-7-4-3-5-8-11;;/h9H,2-8,10H2,1H3;2*1H. The minimum absolute atomic E-state index is 0. The van der Waals surface area contributed by atoms with Crippen molar-refractivity contribution in [1.82, 2.24) is 4.90 Å². The van der Waals surface area contributed by atoms with Crippen LogP contribution in [0.1, 0.15) is 39.0 Å². The van der Waals surface area contributed by atoms with Crippen LogP contribution in [0.3, 0.4) is 0 Å². The molecule has 1 aliphatic rings. The molecule has 0 amide bonds. The van der Waals surface area contributed by atoms with E-state index in [0.717, 1.165) is 6.42 Å². The van der Waals surface area contributed by atoms with Crippen LogP contribution in [-0.4, -0.2) is 24.2 Å². The Morgan fingerprint density at radius 1 is 1.15 bits per heavy atom. The maximum absolute atomic E-state index is 5.98. The molecule has 1 fully saturated rings. The summed E-state index contributed by atoms with van der Waals surface area (Å²) in [5.74, 6) is 0. The van der Waals surface area contributed by atoms with Crippen LogP contribution in [-0.2, 0) is 0 Å². The third-order valence-electron chi connectivity index (χ3n) is 2.44. The van der Waals surface area contributed by atoms with Crippen molar-refractivity contribution in [2.45, 2.75) is 45.2 Å². The lowest BCUT2D eigenvalue weighted by molar-refractivity contribution is 0.158. The van der Waals surface area contributed by atoms with Crippen molar-refractivity contribution in [3.05, 3.63) is 0 Å². The van der Waals surface area contributed by atoms with Crippen LogP contribution in [0, 0.1) is 0 Å². The van der Waals surface area contributed by atoms with Gasteiger partial charge in [-0.2, -0.15) is 0 Å². The van der Waals surface area contributed by atoms with Gasteiger partial charge < -0.3 is 5.73 Å². The lowest BCUT2D eigenvalue weighted by Crippen LogP contribution is -2.44. The second-order valence-electron chi connectivity index (χ2n) is 3.45. The molecule has 1 saturated heterocycles. The Hall–Kier alpha value is 0.500. The Balaban J connectivity index is 0. The van der Waals surface area contributed by atoms with E-state index < -0.39 is 0 Å². The second-order valence-corrected chi connectivity index (χ2v) is 3.45. The Morgan fingerprint density at radius 3 is 2.15 bits per heavy atom. The number of nitrogens with zero attached hydrogens (tertiary/aromatic N) is 1. The van der Waals surface area contributed by atoms with E-state index in [0.29, 0.717) is 6.17 Å². The van der Waals surface area contributed by atoms with Crippen molar-refractivity contribution in [1.29, 1.82) is 0 Å². The molecule has 1 aliphatic heterocycles. The van der Waals surface area contributed by atoms with E-state index in [1.54, 1.807) is 0 Å². The first kappa shape index (κ1) is 15.9. The molecule has 1 atom stereocenters. The fraction of sp³-hybridized carbons (Fsp3) is 1.00. The number of hydrogen-bond donors (Lipinski definition) is 1. The third-order valence-corrected chi connectivity index (χ3v) is 2.44. The zero-order chi connectivity index (χ0) is 8.10. The van der Waals surface area contributed by atoms with Crippen LogP contribution in [0.2, 0.25) is 0 Å². The van der Waals surface area contributed by atoms with E-state index in [9.17, 15) is 0 Å². The van der Waals surface area contributed by atoms with Gasteiger partial charge >= 0.3 is 0 Å². The smallest absolute Gasteiger partial charge is 0.0571 e. The molecule has 1 heterocycles. The molecule has 0 aromatic heterocycles. The first-order chi connectivity index (χ1) is 5.34. The molecule has 1 unspecified atom stereocenters. The molecule has 0 bridgehead atoms. The van der Waals surface area contributed by atoms with Crippen LogP contribution in [0.15, 0.2) is 0 Å². The average Bonchev–Trinajstić information content (AvgIpc) is 2.07. The highest BCUT2D eigenvalue weighted by Gasteiger charge is 2.15. The summed E-state index contributed by atoms with van der Waals surface area (Å²) in [7, 11) is 0. The van der Waals surface area contributed by atoms with Gasteiger partial charge in [0.1, 0.15) is 0 Å². The molecular formula is C9H22Cl2N2. The first-order valence-electron chi connectivity index (χ1n) is 4.84. The van der Waals surface area contributed by atoms with E-state index in [-0.39, 0.29) is 24.8 Å². The van der Waals surface area contributed by atoms with Crippen LogP contribution in [0.4, 0.5) is 0 Å². The molecule has 0 aromatic carbocycles. The molecule has 13 heavy (non-hydrogen) atoms. The molecule has 82 valence electrons. The normalized spacial score (nSPS) is 19.8. The molecule has 2 N–H and O–H groups in total. The van der Waals surface area contributed by atoms with Crippen LogP contribution >= 0.6 is 24.8 Å². The maximum atomic E-state index is 5.98.